The van der Waals surface area contributed by atoms with Crippen LogP contribution in [0.15, 0.2) is 11.4 Å². The highest BCUT2D eigenvalue weighted by atomic mass is 79.9. The number of carbonyl (C=O) groups is 1. The van der Waals surface area contributed by atoms with Crippen LogP contribution in [0.4, 0.5) is 0 Å². The molecule has 0 saturated carbocycles. The Hall–Kier alpha value is -0.550. The van der Waals surface area contributed by atoms with Crippen molar-refractivity contribution in [3.63, 3.8) is 0 Å². The van der Waals surface area contributed by atoms with Gasteiger partial charge in [-0.05, 0) is 23.8 Å². The number of hydrogen-bond acceptors (Lipinski definition) is 3. The van der Waals surface area contributed by atoms with Gasteiger partial charge in [0.1, 0.15) is 10.6 Å². The second-order valence-corrected chi connectivity index (χ2v) is 5.44. The van der Waals surface area contributed by atoms with E-state index in [2.05, 4.69) is 15.9 Å². The number of carbonyl (C=O) groups excluding carboxylic acids is 1. The summed E-state index contributed by atoms with van der Waals surface area (Å²) in [6.07, 6.45) is 1.09. The number of nitrogens with zero attached hydrogens (tertiary/aromatic N) is 1. The van der Waals surface area contributed by atoms with Crippen molar-refractivity contribution in [2.24, 2.45) is 5.92 Å². The van der Waals surface area contributed by atoms with Gasteiger partial charge in [0.2, 0.25) is 0 Å². The van der Waals surface area contributed by atoms with Gasteiger partial charge in [-0.1, -0.05) is 15.9 Å². The second-order valence-electron chi connectivity index (χ2n) is 3.88. The topological polar surface area (TPSA) is 29.5 Å². The molecule has 2 heterocycles. The van der Waals surface area contributed by atoms with E-state index < -0.39 is 0 Å². The van der Waals surface area contributed by atoms with Crippen LogP contribution in [0.1, 0.15) is 16.1 Å². The fourth-order valence-electron chi connectivity index (χ4n) is 1.90. The van der Waals surface area contributed by atoms with E-state index in [4.69, 9.17) is 4.74 Å². The molecule has 0 spiro atoms. The van der Waals surface area contributed by atoms with Gasteiger partial charge in [0.15, 0.2) is 0 Å². The lowest BCUT2D eigenvalue weighted by Gasteiger charge is -2.15. The molecule has 1 aliphatic heterocycles. The van der Waals surface area contributed by atoms with Gasteiger partial charge in [-0.25, -0.2) is 0 Å². The Kier molecular flexibility index (Phi) is 3.86. The SMILES string of the molecule is COc1ccsc1C(=O)N1CCC(CBr)C1. The van der Waals surface area contributed by atoms with Gasteiger partial charge < -0.3 is 9.64 Å². The zero-order valence-electron chi connectivity index (χ0n) is 9.11. The Morgan fingerprint density at radius 3 is 3.19 bits per heavy atom. The van der Waals surface area contributed by atoms with Gasteiger partial charge >= 0.3 is 0 Å². The molecule has 1 aliphatic rings. The van der Waals surface area contributed by atoms with E-state index in [0.29, 0.717) is 11.7 Å². The Bertz CT molecular complexity index is 380. The molecule has 1 unspecified atom stereocenters. The van der Waals surface area contributed by atoms with E-state index in [1.54, 1.807) is 7.11 Å². The van der Waals surface area contributed by atoms with Crippen LogP contribution in [-0.4, -0.2) is 36.3 Å². The Balaban J connectivity index is 2.08. The predicted molar refractivity (Wildman–Crippen MR) is 68.7 cm³/mol. The molecule has 1 aromatic rings. The van der Waals surface area contributed by atoms with Crippen LogP contribution in [0.25, 0.3) is 0 Å². The van der Waals surface area contributed by atoms with E-state index in [1.165, 1.54) is 11.3 Å². The normalized spacial score (nSPS) is 20.1. The summed E-state index contributed by atoms with van der Waals surface area (Å²) in [6.45, 7) is 1.71. The molecular formula is C11H14BrNO2S. The molecular weight excluding hydrogens is 290 g/mol. The number of thiophene rings is 1. The van der Waals surface area contributed by atoms with Gasteiger partial charge in [-0.15, -0.1) is 11.3 Å². The highest BCUT2D eigenvalue weighted by Gasteiger charge is 2.28. The number of rotatable bonds is 3. The number of amides is 1. The lowest BCUT2D eigenvalue weighted by Crippen LogP contribution is -2.28. The maximum absolute atomic E-state index is 12.2. The van der Waals surface area contributed by atoms with Crippen molar-refractivity contribution < 1.29 is 9.53 Å². The Morgan fingerprint density at radius 1 is 1.75 bits per heavy atom. The van der Waals surface area contributed by atoms with Gasteiger partial charge in [0.05, 0.1) is 7.11 Å². The summed E-state index contributed by atoms with van der Waals surface area (Å²) in [7, 11) is 1.60. The summed E-state index contributed by atoms with van der Waals surface area (Å²) >= 11 is 4.92. The van der Waals surface area contributed by atoms with Gasteiger partial charge in [-0.3, -0.25) is 4.79 Å². The molecule has 0 aromatic carbocycles. The van der Waals surface area contributed by atoms with Gasteiger partial charge in [0.25, 0.3) is 5.91 Å². The highest BCUT2D eigenvalue weighted by Crippen LogP contribution is 2.28. The summed E-state index contributed by atoms with van der Waals surface area (Å²) in [5.41, 5.74) is 0. The highest BCUT2D eigenvalue weighted by molar-refractivity contribution is 9.09. The molecule has 1 atom stereocenters. The molecule has 1 fully saturated rings. The molecule has 1 saturated heterocycles. The van der Waals surface area contributed by atoms with Crippen molar-refractivity contribution in [1.29, 1.82) is 0 Å². The summed E-state index contributed by atoms with van der Waals surface area (Å²) < 4.78 is 5.17. The standard InChI is InChI=1S/C11H14BrNO2S/c1-15-9-3-5-16-10(9)11(14)13-4-2-8(6-12)7-13/h3,5,8H,2,4,6-7H2,1H3. The first-order valence-corrected chi connectivity index (χ1v) is 7.23. The fourth-order valence-corrected chi connectivity index (χ4v) is 3.25. The van der Waals surface area contributed by atoms with Crippen molar-refractivity contribution >= 4 is 33.2 Å². The summed E-state index contributed by atoms with van der Waals surface area (Å²) in [5.74, 6) is 1.39. The Labute approximate surface area is 108 Å². The van der Waals surface area contributed by atoms with Crippen LogP contribution < -0.4 is 4.74 Å². The lowest BCUT2D eigenvalue weighted by molar-refractivity contribution is 0.0790. The van der Waals surface area contributed by atoms with E-state index >= 15 is 0 Å². The second kappa shape index (κ2) is 5.19. The van der Waals surface area contributed by atoms with Crippen LogP contribution in [0.3, 0.4) is 0 Å². The van der Waals surface area contributed by atoms with Crippen LogP contribution >= 0.6 is 27.3 Å². The summed E-state index contributed by atoms with van der Waals surface area (Å²) in [5, 5.41) is 2.86. The molecule has 88 valence electrons. The van der Waals surface area contributed by atoms with Gasteiger partial charge in [0, 0.05) is 18.4 Å². The zero-order valence-corrected chi connectivity index (χ0v) is 11.5. The fraction of sp³-hybridized carbons (Fsp3) is 0.545. The lowest BCUT2D eigenvalue weighted by atomic mass is 10.2. The molecule has 16 heavy (non-hydrogen) atoms. The van der Waals surface area contributed by atoms with Crippen molar-refractivity contribution in [3.05, 3.63) is 16.3 Å². The number of methoxy groups -OCH3 is 1. The van der Waals surface area contributed by atoms with Crippen LogP contribution in [0.2, 0.25) is 0 Å². The molecule has 0 radical (unpaired) electrons. The average molecular weight is 304 g/mol. The Morgan fingerprint density at radius 2 is 2.56 bits per heavy atom. The molecule has 5 heteroatoms. The minimum absolute atomic E-state index is 0.107. The molecule has 1 amide bonds. The summed E-state index contributed by atoms with van der Waals surface area (Å²) in [4.78, 5) is 14.8. The van der Waals surface area contributed by atoms with Crippen molar-refractivity contribution in [3.8, 4) is 5.75 Å². The number of hydrogen-bond donors (Lipinski definition) is 0. The molecule has 0 N–H and O–H groups in total. The maximum atomic E-state index is 12.2. The van der Waals surface area contributed by atoms with Crippen molar-refractivity contribution in [2.45, 2.75) is 6.42 Å². The average Bonchev–Trinajstić information content (AvgIpc) is 2.96. The zero-order chi connectivity index (χ0) is 11.5. The van der Waals surface area contributed by atoms with Crippen LogP contribution in [0, 0.1) is 5.92 Å². The third kappa shape index (κ3) is 2.25. The van der Waals surface area contributed by atoms with Crippen LogP contribution in [0.5, 0.6) is 5.75 Å². The number of ether oxygens (including phenoxy) is 1. The molecule has 2 rings (SSSR count). The van der Waals surface area contributed by atoms with Crippen molar-refractivity contribution in [1.82, 2.24) is 4.90 Å². The maximum Gasteiger partial charge on any atom is 0.267 e. The third-order valence-electron chi connectivity index (χ3n) is 2.83. The van der Waals surface area contributed by atoms with E-state index in [9.17, 15) is 4.79 Å². The number of likely N-dealkylation sites (tertiary alicyclic amines) is 1. The number of alkyl halides is 1. The molecule has 0 aliphatic carbocycles. The molecule has 0 bridgehead atoms. The molecule has 3 nitrogen and oxygen atoms in total. The first kappa shape index (κ1) is 11.9. The minimum Gasteiger partial charge on any atom is -0.495 e. The summed E-state index contributed by atoms with van der Waals surface area (Å²) in [6, 6.07) is 1.84. The third-order valence-corrected chi connectivity index (χ3v) is 4.63. The first-order chi connectivity index (χ1) is 7.76. The van der Waals surface area contributed by atoms with Crippen LogP contribution in [-0.2, 0) is 0 Å². The van der Waals surface area contributed by atoms with E-state index in [0.717, 1.165) is 29.7 Å². The van der Waals surface area contributed by atoms with E-state index in [-0.39, 0.29) is 5.91 Å². The van der Waals surface area contributed by atoms with Crippen molar-refractivity contribution in [2.75, 3.05) is 25.5 Å². The monoisotopic (exact) mass is 303 g/mol. The minimum atomic E-state index is 0.107. The predicted octanol–water partition coefficient (Wildman–Crippen LogP) is 2.61. The quantitative estimate of drug-likeness (QED) is 0.803. The smallest absolute Gasteiger partial charge is 0.267 e. The first-order valence-electron chi connectivity index (χ1n) is 5.23. The number of halogens is 1. The largest absolute Gasteiger partial charge is 0.495 e. The van der Waals surface area contributed by atoms with Gasteiger partial charge in [-0.2, -0.15) is 0 Å². The van der Waals surface area contributed by atoms with E-state index in [1.807, 2.05) is 16.3 Å². The molecule has 1 aromatic heterocycles.